The van der Waals surface area contributed by atoms with E-state index in [1.165, 1.54) is 0 Å². The fourth-order valence-electron chi connectivity index (χ4n) is 3.58. The van der Waals surface area contributed by atoms with Crippen molar-refractivity contribution >= 4 is 9.84 Å². The number of piperidine rings is 1. The van der Waals surface area contributed by atoms with E-state index in [1.54, 1.807) is 36.4 Å². The molecule has 2 aromatic rings. The minimum absolute atomic E-state index is 0.0321. The Balaban J connectivity index is 1.78. The van der Waals surface area contributed by atoms with E-state index in [0.717, 1.165) is 25.1 Å². The highest BCUT2D eigenvalue weighted by Gasteiger charge is 2.46. The van der Waals surface area contributed by atoms with Gasteiger partial charge in [-0.15, -0.1) is 0 Å². The van der Waals surface area contributed by atoms with E-state index in [2.05, 4.69) is 12.2 Å². The molecule has 0 spiro atoms. The Hall–Kier alpha value is -1.85. The number of sulfone groups is 1. The number of rotatable bonds is 2. The van der Waals surface area contributed by atoms with Crippen LogP contribution >= 0.6 is 0 Å². The minimum atomic E-state index is -3.51. The molecule has 2 aliphatic heterocycles. The highest BCUT2D eigenvalue weighted by Crippen LogP contribution is 2.47. The first-order valence-corrected chi connectivity index (χ1v) is 9.32. The first-order valence-electron chi connectivity index (χ1n) is 7.84. The molecular formula is C18H19NO3S. The fourth-order valence-corrected chi connectivity index (χ4v) is 4.87. The van der Waals surface area contributed by atoms with Gasteiger partial charge in [0.15, 0.2) is 0 Å². The van der Waals surface area contributed by atoms with Gasteiger partial charge in [-0.1, -0.05) is 31.2 Å². The number of hydrogen-bond acceptors (Lipinski definition) is 4. The summed E-state index contributed by atoms with van der Waals surface area (Å²) in [6, 6.07) is 13.8. The Morgan fingerprint density at radius 2 is 1.91 bits per heavy atom. The van der Waals surface area contributed by atoms with Gasteiger partial charge in [-0.05, 0) is 37.2 Å². The summed E-state index contributed by atoms with van der Waals surface area (Å²) in [5, 5.41) is 3.34. The van der Waals surface area contributed by atoms with E-state index in [0.29, 0.717) is 10.6 Å². The molecule has 0 radical (unpaired) electrons. The second kappa shape index (κ2) is 5.08. The molecule has 0 aliphatic carbocycles. The summed E-state index contributed by atoms with van der Waals surface area (Å²) in [5.41, 5.74) is 1.09. The largest absolute Gasteiger partial charge is 0.488 e. The molecule has 2 atom stereocenters. The number of fused-ring (bicyclic) bond motifs is 3. The summed E-state index contributed by atoms with van der Waals surface area (Å²) in [7, 11) is -3.51. The maximum atomic E-state index is 12.8. The molecular weight excluding hydrogens is 310 g/mol. The highest BCUT2D eigenvalue weighted by atomic mass is 32.2. The van der Waals surface area contributed by atoms with Crippen molar-refractivity contribution in [3.8, 4) is 5.75 Å². The third kappa shape index (κ3) is 2.18. The van der Waals surface area contributed by atoms with Gasteiger partial charge in [0.1, 0.15) is 11.9 Å². The molecule has 0 saturated carbocycles. The number of benzene rings is 2. The van der Waals surface area contributed by atoms with E-state index >= 15 is 0 Å². The zero-order chi connectivity index (χ0) is 16.1. The number of hydrogen-bond donors (Lipinski definition) is 1. The molecule has 2 aromatic carbocycles. The second-order valence-corrected chi connectivity index (χ2v) is 8.40. The zero-order valence-electron chi connectivity index (χ0n) is 13.0. The van der Waals surface area contributed by atoms with E-state index in [4.69, 9.17) is 4.74 Å². The van der Waals surface area contributed by atoms with Crippen LogP contribution in [0.4, 0.5) is 0 Å². The van der Waals surface area contributed by atoms with Crippen LogP contribution < -0.4 is 10.1 Å². The lowest BCUT2D eigenvalue weighted by Crippen LogP contribution is -2.49. The van der Waals surface area contributed by atoms with Crippen molar-refractivity contribution in [2.45, 2.75) is 34.7 Å². The van der Waals surface area contributed by atoms with Crippen LogP contribution in [0.5, 0.6) is 5.75 Å². The maximum Gasteiger partial charge on any atom is 0.206 e. The molecule has 120 valence electrons. The molecule has 2 aliphatic rings. The Morgan fingerprint density at radius 3 is 2.70 bits per heavy atom. The summed E-state index contributed by atoms with van der Waals surface area (Å²) in [6.07, 6.45) is 1.07. The van der Waals surface area contributed by atoms with Crippen LogP contribution in [-0.2, 0) is 15.3 Å². The van der Waals surface area contributed by atoms with Gasteiger partial charge in [-0.2, -0.15) is 0 Å². The van der Waals surface area contributed by atoms with Gasteiger partial charge in [0, 0.05) is 17.5 Å². The van der Waals surface area contributed by atoms with Gasteiger partial charge in [0.05, 0.1) is 9.79 Å². The molecule has 2 unspecified atom stereocenters. The van der Waals surface area contributed by atoms with Gasteiger partial charge in [0.2, 0.25) is 9.84 Å². The molecule has 2 heterocycles. The van der Waals surface area contributed by atoms with Gasteiger partial charge in [0.25, 0.3) is 0 Å². The van der Waals surface area contributed by atoms with Gasteiger partial charge in [-0.25, -0.2) is 8.42 Å². The SMILES string of the molecule is CC12CCNCC1Oc1cc(S(=O)(=O)c3ccccc3)ccc12. The van der Waals surface area contributed by atoms with Crippen molar-refractivity contribution in [2.75, 3.05) is 13.1 Å². The van der Waals surface area contributed by atoms with Crippen molar-refractivity contribution in [2.24, 2.45) is 0 Å². The molecule has 23 heavy (non-hydrogen) atoms. The summed E-state index contributed by atoms with van der Waals surface area (Å²) >= 11 is 0. The van der Waals surface area contributed by atoms with Crippen molar-refractivity contribution in [1.82, 2.24) is 5.32 Å². The molecule has 0 amide bonds. The molecule has 1 fully saturated rings. The van der Waals surface area contributed by atoms with Crippen LogP contribution in [0.2, 0.25) is 0 Å². The molecule has 1 saturated heterocycles. The van der Waals surface area contributed by atoms with Crippen molar-refractivity contribution in [1.29, 1.82) is 0 Å². The van der Waals surface area contributed by atoms with Crippen LogP contribution in [0.15, 0.2) is 58.3 Å². The zero-order valence-corrected chi connectivity index (χ0v) is 13.8. The van der Waals surface area contributed by atoms with Crippen LogP contribution in [0.3, 0.4) is 0 Å². The highest BCUT2D eigenvalue weighted by molar-refractivity contribution is 7.91. The molecule has 0 bridgehead atoms. The lowest BCUT2D eigenvalue weighted by atomic mass is 9.74. The molecule has 4 rings (SSSR count). The van der Waals surface area contributed by atoms with E-state index < -0.39 is 9.84 Å². The van der Waals surface area contributed by atoms with Gasteiger partial charge < -0.3 is 10.1 Å². The average molecular weight is 329 g/mol. The predicted octanol–water partition coefficient (Wildman–Crippen LogP) is 2.53. The van der Waals surface area contributed by atoms with E-state index in [9.17, 15) is 8.42 Å². The predicted molar refractivity (Wildman–Crippen MR) is 87.6 cm³/mol. The van der Waals surface area contributed by atoms with Gasteiger partial charge in [-0.3, -0.25) is 0 Å². The molecule has 1 N–H and O–H groups in total. The molecule has 4 nitrogen and oxygen atoms in total. The number of ether oxygens (including phenoxy) is 1. The average Bonchev–Trinajstić information content (AvgIpc) is 2.87. The first-order chi connectivity index (χ1) is 11.0. The summed E-state index contributed by atoms with van der Waals surface area (Å²) in [4.78, 5) is 0.598. The standard InChI is InChI=1S/C18H19NO3S/c1-18-9-10-19-12-17(18)22-16-11-14(7-8-15(16)18)23(20,21)13-5-3-2-4-6-13/h2-8,11,17,19H,9-10,12H2,1H3. The Kier molecular flexibility index (Phi) is 3.25. The Bertz CT molecular complexity index is 848. The van der Waals surface area contributed by atoms with Crippen LogP contribution in [0.1, 0.15) is 18.9 Å². The monoisotopic (exact) mass is 329 g/mol. The van der Waals surface area contributed by atoms with Gasteiger partial charge >= 0.3 is 0 Å². The third-order valence-electron chi connectivity index (χ3n) is 5.06. The minimum Gasteiger partial charge on any atom is -0.488 e. The first kappa shape index (κ1) is 14.7. The van der Waals surface area contributed by atoms with Crippen LogP contribution in [0, 0.1) is 0 Å². The third-order valence-corrected chi connectivity index (χ3v) is 6.83. The molecule has 0 aromatic heterocycles. The number of nitrogens with one attached hydrogen (secondary N) is 1. The quantitative estimate of drug-likeness (QED) is 0.920. The van der Waals surface area contributed by atoms with E-state index in [1.807, 2.05) is 12.1 Å². The molecule has 5 heteroatoms. The second-order valence-electron chi connectivity index (χ2n) is 6.45. The van der Waals surface area contributed by atoms with Crippen molar-refractivity contribution < 1.29 is 13.2 Å². The summed E-state index contributed by atoms with van der Waals surface area (Å²) < 4.78 is 31.6. The van der Waals surface area contributed by atoms with Crippen molar-refractivity contribution in [3.05, 3.63) is 54.1 Å². The van der Waals surface area contributed by atoms with Crippen LogP contribution in [0.25, 0.3) is 0 Å². The topological polar surface area (TPSA) is 55.4 Å². The normalized spacial score (nSPS) is 26.2. The Morgan fingerprint density at radius 1 is 1.13 bits per heavy atom. The fraction of sp³-hybridized carbons (Fsp3) is 0.333. The van der Waals surface area contributed by atoms with E-state index in [-0.39, 0.29) is 16.4 Å². The maximum absolute atomic E-state index is 12.8. The smallest absolute Gasteiger partial charge is 0.206 e. The lowest BCUT2D eigenvalue weighted by Gasteiger charge is -2.35. The van der Waals surface area contributed by atoms with Crippen molar-refractivity contribution in [3.63, 3.8) is 0 Å². The summed E-state index contributed by atoms with van der Waals surface area (Å²) in [6.45, 7) is 3.96. The summed E-state index contributed by atoms with van der Waals surface area (Å²) in [5.74, 6) is 0.707. The lowest BCUT2D eigenvalue weighted by molar-refractivity contribution is 0.123. The van der Waals surface area contributed by atoms with Crippen LogP contribution in [-0.4, -0.2) is 27.6 Å². The Labute approximate surface area is 136 Å².